The quantitative estimate of drug-likeness (QED) is 0.413. The summed E-state index contributed by atoms with van der Waals surface area (Å²) in [5, 5.41) is 7.53. The lowest BCUT2D eigenvalue weighted by Gasteiger charge is -2.12. The second kappa shape index (κ2) is 8.94. The number of Topliss-reactive ketones (excluding diaryl/α,β-unsaturated/α-hetero) is 1. The molecule has 0 spiro atoms. The molecule has 0 bridgehead atoms. The number of anilines is 1. The Bertz CT molecular complexity index is 1360. The van der Waals surface area contributed by atoms with Crippen LogP contribution in [0.15, 0.2) is 48.5 Å². The number of rotatable bonds is 6. The highest BCUT2D eigenvalue weighted by Crippen LogP contribution is 2.29. The van der Waals surface area contributed by atoms with E-state index in [1.165, 1.54) is 19.1 Å². The monoisotopic (exact) mass is 444 g/mol. The Morgan fingerprint density at radius 3 is 2.27 bits per heavy atom. The summed E-state index contributed by atoms with van der Waals surface area (Å²) in [5.74, 6) is -0.421. The Morgan fingerprint density at radius 1 is 0.970 bits per heavy atom. The molecule has 0 radical (unpaired) electrons. The first-order chi connectivity index (χ1) is 15.7. The molecule has 6 nitrogen and oxygen atoms in total. The number of carbonyl (C=O) groups is 2. The Kier molecular flexibility index (Phi) is 6.05. The third-order valence-corrected chi connectivity index (χ3v) is 5.81. The van der Waals surface area contributed by atoms with E-state index in [4.69, 9.17) is 4.98 Å². The maximum Gasteiger partial charge on any atom is 0.224 e. The fraction of sp³-hybridized carbons (Fsp3) is 0.231. The van der Waals surface area contributed by atoms with Gasteiger partial charge in [-0.25, -0.2) is 13.9 Å². The maximum absolute atomic E-state index is 13.4. The molecule has 0 aliphatic carbocycles. The van der Waals surface area contributed by atoms with Crippen LogP contribution in [0.5, 0.6) is 0 Å². The van der Waals surface area contributed by atoms with E-state index in [0.29, 0.717) is 23.3 Å². The number of aromatic nitrogens is 3. The summed E-state index contributed by atoms with van der Waals surface area (Å²) in [6, 6.07) is 13.2. The summed E-state index contributed by atoms with van der Waals surface area (Å²) in [5.41, 5.74) is 7.24. The minimum absolute atomic E-state index is 0.0156. The molecule has 168 valence electrons. The van der Waals surface area contributed by atoms with Crippen LogP contribution in [0, 0.1) is 26.6 Å². The van der Waals surface area contributed by atoms with E-state index in [-0.39, 0.29) is 23.9 Å². The van der Waals surface area contributed by atoms with Gasteiger partial charge >= 0.3 is 0 Å². The number of ketones is 1. The van der Waals surface area contributed by atoms with Gasteiger partial charge in [0.15, 0.2) is 11.4 Å². The first-order valence-electron chi connectivity index (χ1n) is 10.8. The summed E-state index contributed by atoms with van der Waals surface area (Å²) in [4.78, 5) is 28.7. The van der Waals surface area contributed by atoms with Gasteiger partial charge in [-0.2, -0.15) is 5.10 Å². The van der Waals surface area contributed by atoms with Crippen molar-refractivity contribution >= 4 is 23.0 Å². The van der Waals surface area contributed by atoms with Gasteiger partial charge in [-0.1, -0.05) is 12.1 Å². The van der Waals surface area contributed by atoms with Crippen molar-refractivity contribution in [3.63, 3.8) is 0 Å². The van der Waals surface area contributed by atoms with Crippen LogP contribution in [0.4, 0.5) is 10.1 Å². The number of carbonyl (C=O) groups excluding carboxylic acids is 2. The van der Waals surface area contributed by atoms with Crippen LogP contribution in [0.1, 0.15) is 46.3 Å². The SMILES string of the molecule is CC(=O)c1ccc(NC(=O)CCc2c(C)nc3c(-c4ccc(F)cc4)c(C)nn3c2C)cc1. The Balaban J connectivity index is 1.55. The molecule has 0 fully saturated rings. The average molecular weight is 445 g/mol. The highest BCUT2D eigenvalue weighted by atomic mass is 19.1. The van der Waals surface area contributed by atoms with E-state index in [1.807, 2.05) is 20.8 Å². The zero-order chi connectivity index (χ0) is 23.7. The van der Waals surface area contributed by atoms with Gasteiger partial charge in [0.05, 0.1) is 5.69 Å². The number of nitrogens with zero attached hydrogens (tertiary/aromatic N) is 3. The number of benzene rings is 2. The summed E-state index contributed by atoms with van der Waals surface area (Å²) < 4.78 is 15.2. The molecule has 2 heterocycles. The smallest absolute Gasteiger partial charge is 0.224 e. The van der Waals surface area contributed by atoms with E-state index in [2.05, 4.69) is 10.4 Å². The topological polar surface area (TPSA) is 76.4 Å². The summed E-state index contributed by atoms with van der Waals surface area (Å²) in [6.45, 7) is 7.31. The molecular weight excluding hydrogens is 419 g/mol. The van der Waals surface area contributed by atoms with Gasteiger partial charge in [0.1, 0.15) is 5.82 Å². The molecular formula is C26H25FN4O2. The fourth-order valence-electron chi connectivity index (χ4n) is 4.03. The largest absolute Gasteiger partial charge is 0.326 e. The van der Waals surface area contributed by atoms with Crippen LogP contribution in [0.3, 0.4) is 0 Å². The first-order valence-corrected chi connectivity index (χ1v) is 10.8. The van der Waals surface area contributed by atoms with Crippen LogP contribution in [0.25, 0.3) is 16.8 Å². The molecule has 0 aliphatic rings. The van der Waals surface area contributed by atoms with Crippen molar-refractivity contribution in [3.8, 4) is 11.1 Å². The number of amides is 1. The van der Waals surface area contributed by atoms with E-state index in [0.717, 1.165) is 33.8 Å². The molecule has 0 atom stereocenters. The van der Waals surface area contributed by atoms with Crippen LogP contribution in [-0.4, -0.2) is 26.3 Å². The average Bonchev–Trinajstić information content (AvgIpc) is 3.10. The Hall–Kier alpha value is -3.87. The number of hydrogen-bond donors (Lipinski definition) is 1. The third-order valence-electron chi connectivity index (χ3n) is 5.81. The van der Waals surface area contributed by atoms with E-state index >= 15 is 0 Å². The van der Waals surface area contributed by atoms with Gasteiger partial charge in [0.2, 0.25) is 5.91 Å². The van der Waals surface area contributed by atoms with Crippen molar-refractivity contribution in [1.29, 1.82) is 0 Å². The van der Waals surface area contributed by atoms with Gasteiger partial charge in [-0.15, -0.1) is 0 Å². The highest BCUT2D eigenvalue weighted by Gasteiger charge is 2.18. The predicted octanol–water partition coefficient (Wildman–Crippen LogP) is 5.23. The molecule has 0 saturated carbocycles. The maximum atomic E-state index is 13.4. The predicted molar refractivity (Wildman–Crippen MR) is 126 cm³/mol. The lowest BCUT2D eigenvalue weighted by Crippen LogP contribution is -2.14. The van der Waals surface area contributed by atoms with Crippen LogP contribution < -0.4 is 5.32 Å². The minimum atomic E-state index is -0.288. The zero-order valence-corrected chi connectivity index (χ0v) is 19.1. The first kappa shape index (κ1) is 22.3. The second-order valence-corrected chi connectivity index (χ2v) is 8.15. The second-order valence-electron chi connectivity index (χ2n) is 8.15. The summed E-state index contributed by atoms with van der Waals surface area (Å²) in [7, 11) is 0. The summed E-state index contributed by atoms with van der Waals surface area (Å²) >= 11 is 0. The normalized spacial score (nSPS) is 11.1. The molecule has 1 amide bonds. The number of fused-ring (bicyclic) bond motifs is 1. The van der Waals surface area contributed by atoms with Crippen molar-refractivity contribution in [2.75, 3.05) is 5.32 Å². The molecule has 2 aromatic carbocycles. The number of hydrogen-bond acceptors (Lipinski definition) is 4. The Labute approximate surface area is 191 Å². The molecule has 0 aliphatic heterocycles. The van der Waals surface area contributed by atoms with Crippen molar-refractivity contribution in [2.45, 2.75) is 40.5 Å². The van der Waals surface area contributed by atoms with Gasteiger partial charge in [0, 0.05) is 34.6 Å². The van der Waals surface area contributed by atoms with Crippen molar-refractivity contribution in [3.05, 3.63) is 82.6 Å². The zero-order valence-electron chi connectivity index (χ0n) is 19.1. The van der Waals surface area contributed by atoms with E-state index in [1.54, 1.807) is 40.9 Å². The number of halogens is 1. The van der Waals surface area contributed by atoms with Crippen molar-refractivity contribution in [2.24, 2.45) is 0 Å². The molecule has 33 heavy (non-hydrogen) atoms. The lowest BCUT2D eigenvalue weighted by molar-refractivity contribution is -0.116. The van der Waals surface area contributed by atoms with Gasteiger partial charge in [-0.3, -0.25) is 9.59 Å². The van der Waals surface area contributed by atoms with E-state index < -0.39 is 0 Å². The molecule has 4 aromatic rings. The standard InChI is InChI=1S/C26H25FN4O2/c1-15-23(13-14-24(33)29-22-11-7-19(8-12-22)18(4)32)17(3)31-26(28-15)25(16(2)30-31)20-5-9-21(27)10-6-20/h5-12H,13-14H2,1-4H3,(H,29,33). The highest BCUT2D eigenvalue weighted by molar-refractivity contribution is 5.95. The lowest BCUT2D eigenvalue weighted by atomic mass is 10.0. The minimum Gasteiger partial charge on any atom is -0.326 e. The Morgan fingerprint density at radius 2 is 1.64 bits per heavy atom. The summed E-state index contributed by atoms with van der Waals surface area (Å²) in [6.07, 6.45) is 0.803. The van der Waals surface area contributed by atoms with Crippen LogP contribution in [0.2, 0.25) is 0 Å². The number of aryl methyl sites for hydroxylation is 3. The van der Waals surface area contributed by atoms with Gasteiger partial charge in [-0.05, 0) is 81.6 Å². The third kappa shape index (κ3) is 4.53. The molecule has 2 aromatic heterocycles. The van der Waals surface area contributed by atoms with Crippen molar-refractivity contribution in [1.82, 2.24) is 14.6 Å². The van der Waals surface area contributed by atoms with Gasteiger partial charge in [0.25, 0.3) is 0 Å². The van der Waals surface area contributed by atoms with E-state index in [9.17, 15) is 14.0 Å². The van der Waals surface area contributed by atoms with Crippen LogP contribution in [-0.2, 0) is 11.2 Å². The van der Waals surface area contributed by atoms with Gasteiger partial charge < -0.3 is 5.32 Å². The van der Waals surface area contributed by atoms with Crippen LogP contribution >= 0.6 is 0 Å². The fourth-order valence-corrected chi connectivity index (χ4v) is 4.03. The molecule has 1 N–H and O–H groups in total. The molecule has 7 heteroatoms. The number of nitrogens with one attached hydrogen (secondary N) is 1. The molecule has 0 unspecified atom stereocenters. The molecule has 0 saturated heterocycles. The van der Waals surface area contributed by atoms with Crippen molar-refractivity contribution < 1.29 is 14.0 Å². The molecule has 4 rings (SSSR count).